The van der Waals surface area contributed by atoms with Gasteiger partial charge in [0.1, 0.15) is 11.6 Å². The van der Waals surface area contributed by atoms with Crippen LogP contribution in [0.1, 0.15) is 10.4 Å². The molecule has 0 aliphatic heterocycles. The number of rotatable bonds is 6. The van der Waals surface area contributed by atoms with Crippen molar-refractivity contribution in [2.24, 2.45) is 0 Å². The number of benzene rings is 2. The number of amides is 1. The van der Waals surface area contributed by atoms with E-state index < -0.39 is 0 Å². The Morgan fingerprint density at radius 2 is 1.64 bits per heavy atom. The Balaban J connectivity index is 1.51. The van der Waals surface area contributed by atoms with Crippen LogP contribution in [0.2, 0.25) is 0 Å². The molecule has 0 saturated carbocycles. The smallest absolute Gasteiger partial charge is 0.245 e. The number of halogens is 2. The second-order valence-electron chi connectivity index (χ2n) is 5.34. The van der Waals surface area contributed by atoms with Crippen LogP contribution in [0.5, 0.6) is 0 Å². The molecule has 0 fully saturated rings. The number of nitrogens with one attached hydrogen (secondary N) is 2. The highest BCUT2D eigenvalue weighted by Gasteiger charge is 2.07. The van der Waals surface area contributed by atoms with E-state index in [2.05, 4.69) is 15.6 Å². The number of aromatic nitrogens is 1. The van der Waals surface area contributed by atoms with Crippen LogP contribution >= 0.6 is 11.3 Å². The van der Waals surface area contributed by atoms with Crippen molar-refractivity contribution in [1.29, 1.82) is 0 Å². The van der Waals surface area contributed by atoms with Gasteiger partial charge in [0.2, 0.25) is 5.91 Å². The van der Waals surface area contributed by atoms with Gasteiger partial charge in [-0.25, -0.2) is 13.8 Å². The predicted octanol–water partition coefficient (Wildman–Crippen LogP) is 4.06. The molecule has 3 aromatic rings. The van der Waals surface area contributed by atoms with Crippen molar-refractivity contribution in [3.63, 3.8) is 0 Å². The molecule has 4 nitrogen and oxygen atoms in total. The van der Waals surface area contributed by atoms with Gasteiger partial charge in [0, 0.05) is 23.2 Å². The fourth-order valence-electron chi connectivity index (χ4n) is 2.16. The minimum Gasteiger partial charge on any atom is -0.376 e. The average molecular weight is 359 g/mol. The molecule has 0 aliphatic carbocycles. The summed E-state index contributed by atoms with van der Waals surface area (Å²) in [4.78, 5) is 17.1. The van der Waals surface area contributed by atoms with E-state index in [-0.39, 0.29) is 24.1 Å². The molecule has 0 radical (unpaired) electrons. The Hall–Kier alpha value is -2.80. The van der Waals surface area contributed by atoms with Crippen molar-refractivity contribution in [1.82, 2.24) is 4.98 Å². The summed E-state index contributed by atoms with van der Waals surface area (Å²) in [5.74, 6) is -0.840. The van der Waals surface area contributed by atoms with Crippen LogP contribution in [0.3, 0.4) is 0 Å². The van der Waals surface area contributed by atoms with Crippen LogP contribution in [0.25, 0.3) is 0 Å². The number of hydrogen-bond donors (Lipinski definition) is 2. The predicted molar refractivity (Wildman–Crippen MR) is 94.8 cm³/mol. The van der Waals surface area contributed by atoms with Gasteiger partial charge in [-0.3, -0.25) is 4.79 Å². The van der Waals surface area contributed by atoms with Gasteiger partial charge in [-0.1, -0.05) is 12.1 Å². The molecule has 1 heterocycles. The Morgan fingerprint density at radius 3 is 2.32 bits per heavy atom. The Morgan fingerprint density at radius 1 is 1.00 bits per heavy atom. The number of carbonyl (C=O) groups is 1. The summed E-state index contributed by atoms with van der Waals surface area (Å²) in [5, 5.41) is 6.12. The zero-order chi connectivity index (χ0) is 17.6. The highest BCUT2D eigenvalue weighted by Crippen LogP contribution is 2.21. The first-order valence-corrected chi connectivity index (χ1v) is 8.38. The van der Waals surface area contributed by atoms with Crippen LogP contribution in [-0.2, 0) is 11.2 Å². The molecule has 1 amide bonds. The lowest BCUT2D eigenvalue weighted by molar-refractivity contribution is -0.114. The van der Waals surface area contributed by atoms with Crippen LogP contribution < -0.4 is 10.6 Å². The number of anilines is 2. The van der Waals surface area contributed by atoms with E-state index in [9.17, 15) is 13.6 Å². The van der Waals surface area contributed by atoms with Gasteiger partial charge in [0.05, 0.1) is 6.54 Å². The van der Waals surface area contributed by atoms with Crippen molar-refractivity contribution in [3.05, 3.63) is 76.8 Å². The van der Waals surface area contributed by atoms with Crippen molar-refractivity contribution >= 4 is 28.1 Å². The minimum absolute atomic E-state index is 0.0541. The molecule has 1 aromatic heterocycles. The first kappa shape index (κ1) is 17.0. The topological polar surface area (TPSA) is 54.0 Å². The van der Waals surface area contributed by atoms with Crippen molar-refractivity contribution < 1.29 is 13.6 Å². The van der Waals surface area contributed by atoms with E-state index in [1.165, 1.54) is 35.6 Å². The molecule has 7 heteroatoms. The SMILES string of the molecule is O=C(CNc1ccc(F)cc1)Nc1ncc(Cc2ccc(F)cc2)s1. The molecule has 0 spiro atoms. The molecular weight excluding hydrogens is 344 g/mol. The largest absolute Gasteiger partial charge is 0.376 e. The Labute approximate surface area is 147 Å². The van der Waals surface area contributed by atoms with E-state index in [0.29, 0.717) is 17.2 Å². The van der Waals surface area contributed by atoms with Crippen LogP contribution in [0, 0.1) is 11.6 Å². The van der Waals surface area contributed by atoms with Gasteiger partial charge in [-0.05, 0) is 42.0 Å². The van der Waals surface area contributed by atoms with Crippen LogP contribution in [0.15, 0.2) is 54.7 Å². The lowest BCUT2D eigenvalue weighted by atomic mass is 10.1. The monoisotopic (exact) mass is 359 g/mol. The summed E-state index contributed by atoms with van der Waals surface area (Å²) >= 11 is 1.37. The molecule has 0 atom stereocenters. The second kappa shape index (κ2) is 7.85. The molecule has 3 rings (SSSR count). The van der Waals surface area contributed by atoms with Crippen LogP contribution in [0.4, 0.5) is 19.6 Å². The van der Waals surface area contributed by atoms with Crippen LogP contribution in [-0.4, -0.2) is 17.4 Å². The number of thiazole rings is 1. The molecule has 0 aliphatic rings. The first-order valence-electron chi connectivity index (χ1n) is 7.57. The van der Waals surface area contributed by atoms with Gasteiger partial charge < -0.3 is 10.6 Å². The summed E-state index contributed by atoms with van der Waals surface area (Å²) in [5.41, 5.74) is 1.63. The summed E-state index contributed by atoms with van der Waals surface area (Å²) < 4.78 is 25.7. The summed E-state index contributed by atoms with van der Waals surface area (Å²) in [6, 6.07) is 12.0. The van der Waals surface area contributed by atoms with Gasteiger partial charge in [-0.2, -0.15) is 0 Å². The van der Waals surface area contributed by atoms with E-state index in [4.69, 9.17) is 0 Å². The zero-order valence-corrected chi connectivity index (χ0v) is 13.9. The fraction of sp³-hybridized carbons (Fsp3) is 0.111. The maximum Gasteiger partial charge on any atom is 0.245 e. The van der Waals surface area contributed by atoms with E-state index >= 15 is 0 Å². The lowest BCUT2D eigenvalue weighted by Crippen LogP contribution is -2.21. The van der Waals surface area contributed by atoms with E-state index in [1.54, 1.807) is 30.5 Å². The third-order valence-corrected chi connectivity index (χ3v) is 4.30. The zero-order valence-electron chi connectivity index (χ0n) is 13.1. The molecular formula is C18H15F2N3OS. The average Bonchev–Trinajstić information content (AvgIpc) is 3.03. The molecule has 128 valence electrons. The molecule has 0 unspecified atom stereocenters. The lowest BCUT2D eigenvalue weighted by Gasteiger charge is -2.05. The maximum atomic E-state index is 12.9. The highest BCUT2D eigenvalue weighted by atomic mass is 32.1. The van der Waals surface area contributed by atoms with E-state index in [1.807, 2.05) is 0 Å². The van der Waals surface area contributed by atoms with Gasteiger partial charge in [0.25, 0.3) is 0 Å². The van der Waals surface area contributed by atoms with Gasteiger partial charge >= 0.3 is 0 Å². The quantitative estimate of drug-likeness (QED) is 0.698. The molecule has 0 saturated heterocycles. The van der Waals surface area contributed by atoms with Gasteiger partial charge in [-0.15, -0.1) is 11.3 Å². The third kappa shape index (κ3) is 5.09. The maximum absolute atomic E-state index is 12.9. The molecule has 2 aromatic carbocycles. The van der Waals surface area contributed by atoms with Gasteiger partial charge in [0.15, 0.2) is 5.13 Å². The second-order valence-corrected chi connectivity index (χ2v) is 6.46. The summed E-state index contributed by atoms with van der Waals surface area (Å²) in [7, 11) is 0. The van der Waals surface area contributed by atoms with Crippen molar-refractivity contribution in [2.45, 2.75) is 6.42 Å². The number of carbonyl (C=O) groups excluding carboxylic acids is 1. The minimum atomic E-state index is -0.327. The molecule has 0 bridgehead atoms. The van der Waals surface area contributed by atoms with Crippen molar-refractivity contribution in [2.75, 3.05) is 17.2 Å². The molecule has 2 N–H and O–H groups in total. The molecule has 25 heavy (non-hydrogen) atoms. The Bertz CT molecular complexity index is 848. The first-order chi connectivity index (χ1) is 12.1. The third-order valence-electron chi connectivity index (χ3n) is 3.39. The Kier molecular flexibility index (Phi) is 5.35. The normalized spacial score (nSPS) is 10.5. The van der Waals surface area contributed by atoms with Crippen molar-refractivity contribution in [3.8, 4) is 0 Å². The number of nitrogens with zero attached hydrogens (tertiary/aromatic N) is 1. The summed E-state index contributed by atoms with van der Waals surface area (Å²) in [6.07, 6.45) is 2.32. The van der Waals surface area contributed by atoms with E-state index in [0.717, 1.165) is 10.4 Å². The number of hydrogen-bond acceptors (Lipinski definition) is 4. The fourth-order valence-corrected chi connectivity index (χ4v) is 3.03. The summed E-state index contributed by atoms with van der Waals surface area (Å²) in [6.45, 7) is 0.0541. The standard InChI is InChI=1S/C18H15F2N3OS/c19-13-3-1-12(2-4-13)9-16-10-22-18(25-16)23-17(24)11-21-15-7-5-14(20)6-8-15/h1-8,10,21H,9,11H2,(H,22,23,24). The highest BCUT2D eigenvalue weighted by molar-refractivity contribution is 7.15.